The third-order valence-electron chi connectivity index (χ3n) is 7.45. The van der Waals surface area contributed by atoms with Gasteiger partial charge in [-0.05, 0) is 91.5 Å². The van der Waals surface area contributed by atoms with Crippen LogP contribution in [0.15, 0.2) is 110 Å². The summed E-state index contributed by atoms with van der Waals surface area (Å²) >= 11 is 0. The Morgan fingerprint density at radius 3 is 2.48 bits per heavy atom. The van der Waals surface area contributed by atoms with Gasteiger partial charge >= 0.3 is 0 Å². The summed E-state index contributed by atoms with van der Waals surface area (Å²) in [6, 6.07) is 28.5. The Labute approximate surface area is 248 Å². The zero-order chi connectivity index (χ0) is 31.3. The van der Waals surface area contributed by atoms with Gasteiger partial charge < -0.3 is 9.30 Å². The molecule has 6 nitrogen and oxygen atoms in total. The van der Waals surface area contributed by atoms with Crippen LogP contribution in [0.2, 0.25) is 0 Å². The molecule has 0 amide bonds. The Kier molecular flexibility index (Phi) is 5.29. The number of hydrogen-bond acceptors (Lipinski definition) is 3. The molecule has 202 valence electrons. The van der Waals surface area contributed by atoms with E-state index in [0.29, 0.717) is 23.0 Å². The number of nitrogens with zero attached hydrogens (tertiary/aromatic N) is 5. The molecule has 0 saturated heterocycles. The van der Waals surface area contributed by atoms with Gasteiger partial charge in [-0.2, -0.15) is 0 Å². The molecule has 3 heterocycles. The van der Waals surface area contributed by atoms with E-state index in [1.165, 1.54) is 12.3 Å². The van der Waals surface area contributed by atoms with Gasteiger partial charge in [0, 0.05) is 33.3 Å². The van der Waals surface area contributed by atoms with Crippen LogP contribution in [-0.2, 0) is 0 Å². The van der Waals surface area contributed by atoms with Crippen molar-refractivity contribution in [3.05, 3.63) is 138 Å². The molecule has 4 aromatic carbocycles. The van der Waals surface area contributed by atoms with Crippen molar-refractivity contribution < 1.29 is 8.85 Å². The second kappa shape index (κ2) is 10.1. The molecule has 7 rings (SSSR count). The molecule has 0 bridgehead atoms. The lowest BCUT2D eigenvalue weighted by Crippen LogP contribution is -1.97. The number of imidazole rings is 1. The number of hydrogen-bond donors (Lipinski definition) is 0. The van der Waals surface area contributed by atoms with Crippen molar-refractivity contribution >= 4 is 27.5 Å². The molecule has 3 aromatic heterocycles. The normalized spacial score (nSPS) is 12.5. The fraction of sp³-hybridized carbons (Fsp3) is 0.0833. The quantitative estimate of drug-likeness (QED) is 0.201. The minimum Gasteiger partial charge on any atom is -0.459 e. The molecule has 0 N–H and O–H groups in total. The first-order valence-corrected chi connectivity index (χ1v) is 13.5. The second-order valence-corrected chi connectivity index (χ2v) is 10.3. The van der Waals surface area contributed by atoms with Crippen molar-refractivity contribution in [2.75, 3.05) is 0 Å². The van der Waals surface area contributed by atoms with Gasteiger partial charge in [-0.15, -0.1) is 0 Å². The van der Waals surface area contributed by atoms with Gasteiger partial charge in [-0.25, -0.2) is 14.8 Å². The van der Waals surface area contributed by atoms with Gasteiger partial charge in [-0.3, -0.25) is 4.57 Å². The van der Waals surface area contributed by atoms with Crippen LogP contribution in [0.3, 0.4) is 0 Å². The van der Waals surface area contributed by atoms with Crippen LogP contribution in [-0.4, -0.2) is 19.1 Å². The standard InChI is InChI=1S/C36H27N5O/c1-23-14-15-38-35(16-23)41-33-11-6-5-10-30(33)31-13-12-28(20-34(31)41)42-29-18-26(17-27(19-29)37-4)32-21-40(22-39-32)36-24(2)8-7-9-25(36)3/h5-22H,1-3H3/i1D3. The van der Waals surface area contributed by atoms with Crippen molar-refractivity contribution in [1.29, 1.82) is 0 Å². The van der Waals surface area contributed by atoms with Gasteiger partial charge in [0.1, 0.15) is 17.3 Å². The van der Waals surface area contributed by atoms with E-state index in [4.69, 9.17) is 15.4 Å². The zero-order valence-corrected chi connectivity index (χ0v) is 23.0. The van der Waals surface area contributed by atoms with Gasteiger partial charge in [0.05, 0.1) is 35.3 Å². The maximum atomic E-state index is 7.91. The highest BCUT2D eigenvalue weighted by atomic mass is 16.5. The highest BCUT2D eigenvalue weighted by Gasteiger charge is 2.15. The smallest absolute Gasteiger partial charge is 0.191 e. The third-order valence-corrected chi connectivity index (χ3v) is 7.45. The van der Waals surface area contributed by atoms with Crippen LogP contribution < -0.4 is 4.74 Å². The summed E-state index contributed by atoms with van der Waals surface area (Å²) in [6.45, 7) is 9.61. The minimum atomic E-state index is -2.26. The summed E-state index contributed by atoms with van der Waals surface area (Å²) in [5, 5.41) is 1.99. The van der Waals surface area contributed by atoms with Crippen LogP contribution in [0.5, 0.6) is 11.5 Å². The van der Waals surface area contributed by atoms with E-state index in [9.17, 15) is 0 Å². The van der Waals surface area contributed by atoms with E-state index in [1.54, 1.807) is 18.5 Å². The minimum absolute atomic E-state index is 0.217. The summed E-state index contributed by atoms with van der Waals surface area (Å²) in [5.74, 6) is 1.57. The van der Waals surface area contributed by atoms with E-state index < -0.39 is 6.85 Å². The number of aryl methyl sites for hydroxylation is 3. The predicted molar refractivity (Wildman–Crippen MR) is 168 cm³/mol. The van der Waals surface area contributed by atoms with Crippen molar-refractivity contribution in [2.24, 2.45) is 0 Å². The Bertz CT molecular complexity index is 2270. The molecule has 6 heteroatoms. The fourth-order valence-corrected chi connectivity index (χ4v) is 5.60. The van der Waals surface area contributed by atoms with Gasteiger partial charge in [0.2, 0.25) is 0 Å². The molecular weight excluding hydrogens is 518 g/mol. The predicted octanol–water partition coefficient (Wildman–Crippen LogP) is 9.30. The van der Waals surface area contributed by atoms with Crippen molar-refractivity contribution in [3.63, 3.8) is 0 Å². The Hall–Kier alpha value is -5.67. The number of benzene rings is 4. The third kappa shape index (κ3) is 4.38. The van der Waals surface area contributed by atoms with E-state index in [1.807, 2.05) is 76.0 Å². The lowest BCUT2D eigenvalue weighted by Gasteiger charge is -2.11. The maximum absolute atomic E-state index is 7.91. The molecule has 0 radical (unpaired) electrons. The van der Waals surface area contributed by atoms with E-state index in [-0.39, 0.29) is 5.56 Å². The summed E-state index contributed by atoms with van der Waals surface area (Å²) < 4.78 is 34.1. The molecule has 0 aliphatic rings. The first-order chi connectivity index (χ1) is 21.7. The topological polar surface area (TPSA) is 49.2 Å². The monoisotopic (exact) mass is 548 g/mol. The Morgan fingerprint density at radius 1 is 0.810 bits per heavy atom. The van der Waals surface area contributed by atoms with Gasteiger partial charge in [0.25, 0.3) is 0 Å². The average molecular weight is 549 g/mol. The largest absolute Gasteiger partial charge is 0.459 e. The molecule has 0 aliphatic carbocycles. The molecule has 0 atom stereocenters. The highest BCUT2D eigenvalue weighted by Crippen LogP contribution is 2.37. The van der Waals surface area contributed by atoms with E-state index in [2.05, 4.69) is 40.8 Å². The maximum Gasteiger partial charge on any atom is 0.191 e. The average Bonchev–Trinajstić information content (AvgIpc) is 3.63. The summed E-state index contributed by atoms with van der Waals surface area (Å²) in [6.07, 6.45) is 5.28. The van der Waals surface area contributed by atoms with Gasteiger partial charge in [0.15, 0.2) is 5.69 Å². The van der Waals surface area contributed by atoms with E-state index >= 15 is 0 Å². The van der Waals surface area contributed by atoms with Crippen molar-refractivity contribution in [1.82, 2.24) is 19.1 Å². The van der Waals surface area contributed by atoms with Crippen LogP contribution in [0.4, 0.5) is 5.69 Å². The number of pyridine rings is 1. The molecule has 0 spiro atoms. The van der Waals surface area contributed by atoms with Crippen LogP contribution in [0.1, 0.15) is 20.8 Å². The number of rotatable bonds is 5. The summed E-state index contributed by atoms with van der Waals surface area (Å²) in [7, 11) is 0. The number of aromatic nitrogens is 4. The van der Waals surface area contributed by atoms with Crippen LogP contribution in [0, 0.1) is 27.3 Å². The number of para-hydroxylation sites is 2. The summed E-state index contributed by atoms with van der Waals surface area (Å²) in [5.41, 5.74) is 7.23. The van der Waals surface area contributed by atoms with E-state index in [0.717, 1.165) is 49.9 Å². The molecule has 0 saturated carbocycles. The molecule has 7 aromatic rings. The van der Waals surface area contributed by atoms with Crippen LogP contribution in [0.25, 0.3) is 49.4 Å². The first-order valence-electron chi connectivity index (χ1n) is 15.0. The van der Waals surface area contributed by atoms with Crippen molar-refractivity contribution in [3.8, 4) is 34.3 Å². The number of ether oxygens (including phenoxy) is 1. The summed E-state index contributed by atoms with van der Waals surface area (Å²) in [4.78, 5) is 12.9. The van der Waals surface area contributed by atoms with Gasteiger partial charge in [-0.1, -0.05) is 36.4 Å². The molecule has 42 heavy (non-hydrogen) atoms. The molecule has 0 unspecified atom stereocenters. The lowest BCUT2D eigenvalue weighted by molar-refractivity contribution is 0.484. The second-order valence-electron chi connectivity index (χ2n) is 10.3. The zero-order valence-electron chi connectivity index (χ0n) is 26.0. The number of fused-ring (bicyclic) bond motifs is 3. The molecule has 0 aliphatic heterocycles. The Balaban J connectivity index is 1.30. The lowest BCUT2D eigenvalue weighted by atomic mass is 10.1. The fourth-order valence-electron chi connectivity index (χ4n) is 5.60. The highest BCUT2D eigenvalue weighted by molar-refractivity contribution is 6.09. The Morgan fingerprint density at radius 2 is 1.64 bits per heavy atom. The first kappa shape index (κ1) is 22.1. The SMILES string of the molecule is [2H]C([2H])([2H])c1ccnc(-n2c3ccccc3c3ccc(Oc4cc([N+]#[C-])cc(-c5cn(-c6c(C)cccc6C)cn5)c4)cc32)c1. The van der Waals surface area contributed by atoms with Crippen molar-refractivity contribution in [2.45, 2.75) is 20.7 Å². The van der Waals surface area contributed by atoms with Crippen LogP contribution >= 0.6 is 0 Å². The molecule has 0 fully saturated rings. The molecular formula is C36H27N5O.